The fourth-order valence-electron chi connectivity index (χ4n) is 3.65. The van der Waals surface area contributed by atoms with E-state index in [4.69, 9.17) is 32.9 Å². The van der Waals surface area contributed by atoms with E-state index in [1.54, 1.807) is 6.07 Å². The van der Waals surface area contributed by atoms with Gasteiger partial charge in [-0.25, -0.2) is 0 Å². The molecule has 7 heteroatoms. The summed E-state index contributed by atoms with van der Waals surface area (Å²) in [7, 11) is 0. The van der Waals surface area contributed by atoms with Crippen molar-refractivity contribution in [3.63, 3.8) is 0 Å². The first-order chi connectivity index (χ1) is 12.7. The molecule has 0 bridgehead atoms. The molecule has 1 unspecified atom stereocenters. The van der Waals surface area contributed by atoms with E-state index in [1.165, 1.54) is 6.42 Å². The summed E-state index contributed by atoms with van der Waals surface area (Å²) in [6.45, 7) is 9.59. The number of ether oxygens (including phenoxy) is 1. The predicted octanol–water partition coefficient (Wildman–Crippen LogP) is 2.91. The maximum Gasteiger partial charge on any atom is 0.193 e. The maximum atomic E-state index is 6.08. The molecule has 0 aromatic heterocycles. The molecule has 0 amide bonds. The first-order valence-corrected chi connectivity index (χ1v) is 10.2. The van der Waals surface area contributed by atoms with Crippen LogP contribution in [-0.4, -0.2) is 74.3 Å². The minimum absolute atomic E-state index is 0.606. The zero-order chi connectivity index (χ0) is 18.4. The summed E-state index contributed by atoms with van der Waals surface area (Å²) in [6.07, 6.45) is 2.02. The second-order valence-corrected chi connectivity index (χ2v) is 7.67. The van der Waals surface area contributed by atoms with Gasteiger partial charge < -0.3 is 15.0 Å². The van der Waals surface area contributed by atoms with Crippen LogP contribution < -0.4 is 5.32 Å². The number of aliphatic imine (C=N–C) groups is 1. The normalized spacial score (nSPS) is 22.0. The summed E-state index contributed by atoms with van der Waals surface area (Å²) in [5.41, 5.74) is 1.12. The summed E-state index contributed by atoms with van der Waals surface area (Å²) < 4.78 is 5.47. The van der Waals surface area contributed by atoms with Crippen molar-refractivity contribution >= 4 is 29.2 Å². The van der Waals surface area contributed by atoms with Crippen molar-refractivity contribution in [2.75, 3.05) is 52.5 Å². The van der Waals surface area contributed by atoms with Crippen molar-refractivity contribution < 1.29 is 4.74 Å². The van der Waals surface area contributed by atoms with E-state index >= 15 is 0 Å². The van der Waals surface area contributed by atoms with Crippen LogP contribution in [0.2, 0.25) is 10.0 Å². The van der Waals surface area contributed by atoms with Gasteiger partial charge in [-0.1, -0.05) is 23.2 Å². The Morgan fingerprint density at radius 1 is 1.19 bits per heavy atom. The molecule has 0 spiro atoms. The van der Waals surface area contributed by atoms with Crippen LogP contribution in [0.25, 0.3) is 0 Å². The zero-order valence-corrected chi connectivity index (χ0v) is 16.9. The molecular formula is C19H28Cl2N4O. The molecule has 2 fully saturated rings. The molecule has 5 nitrogen and oxygen atoms in total. The van der Waals surface area contributed by atoms with Gasteiger partial charge >= 0.3 is 0 Å². The number of likely N-dealkylation sites (tertiary alicyclic amines) is 1. The van der Waals surface area contributed by atoms with Gasteiger partial charge in [-0.3, -0.25) is 9.89 Å². The quantitative estimate of drug-likeness (QED) is 0.611. The SMILES string of the molecule is CCNC(=NCCc1cc(Cl)cc(Cl)c1)N1CCC(N2CCOCC2)C1. The van der Waals surface area contributed by atoms with Crippen molar-refractivity contribution in [1.82, 2.24) is 15.1 Å². The van der Waals surface area contributed by atoms with Crippen LogP contribution in [0.4, 0.5) is 0 Å². The van der Waals surface area contributed by atoms with Gasteiger partial charge in [0.2, 0.25) is 0 Å². The molecular weight excluding hydrogens is 371 g/mol. The minimum Gasteiger partial charge on any atom is -0.379 e. The summed E-state index contributed by atoms with van der Waals surface area (Å²) >= 11 is 12.2. The van der Waals surface area contributed by atoms with Crippen LogP contribution in [0.15, 0.2) is 23.2 Å². The van der Waals surface area contributed by atoms with Crippen molar-refractivity contribution in [2.45, 2.75) is 25.8 Å². The van der Waals surface area contributed by atoms with Crippen LogP contribution in [0, 0.1) is 0 Å². The summed E-state index contributed by atoms with van der Waals surface area (Å²) in [5, 5.41) is 4.79. The highest BCUT2D eigenvalue weighted by Crippen LogP contribution is 2.20. The molecule has 1 N–H and O–H groups in total. The molecule has 144 valence electrons. The van der Waals surface area contributed by atoms with Gasteiger partial charge in [-0.15, -0.1) is 0 Å². The fourth-order valence-corrected chi connectivity index (χ4v) is 4.22. The van der Waals surface area contributed by atoms with Gasteiger partial charge in [0.05, 0.1) is 13.2 Å². The third-order valence-electron chi connectivity index (χ3n) is 4.94. The van der Waals surface area contributed by atoms with Gasteiger partial charge in [0.1, 0.15) is 0 Å². The average Bonchev–Trinajstić information content (AvgIpc) is 3.11. The summed E-state index contributed by atoms with van der Waals surface area (Å²) in [5.74, 6) is 1.01. The van der Waals surface area contributed by atoms with E-state index in [2.05, 4.69) is 22.0 Å². The predicted molar refractivity (Wildman–Crippen MR) is 109 cm³/mol. The Bertz CT molecular complexity index is 599. The minimum atomic E-state index is 0.606. The van der Waals surface area contributed by atoms with Crippen molar-refractivity contribution in [1.29, 1.82) is 0 Å². The Morgan fingerprint density at radius 3 is 2.62 bits per heavy atom. The molecule has 2 saturated heterocycles. The first kappa shape index (κ1) is 19.7. The van der Waals surface area contributed by atoms with E-state index in [1.807, 2.05) is 12.1 Å². The number of halogens is 2. The number of benzene rings is 1. The van der Waals surface area contributed by atoms with Crippen molar-refractivity contribution in [3.05, 3.63) is 33.8 Å². The van der Waals surface area contributed by atoms with Gasteiger partial charge in [0, 0.05) is 55.4 Å². The fraction of sp³-hybridized carbons (Fsp3) is 0.632. The largest absolute Gasteiger partial charge is 0.379 e. The zero-order valence-electron chi connectivity index (χ0n) is 15.4. The number of guanidine groups is 1. The molecule has 3 rings (SSSR count). The number of morpholine rings is 1. The number of hydrogen-bond donors (Lipinski definition) is 1. The smallest absolute Gasteiger partial charge is 0.193 e. The maximum absolute atomic E-state index is 6.08. The van der Waals surface area contributed by atoms with Gasteiger partial charge in [0.15, 0.2) is 5.96 Å². The standard InChI is InChI=1S/C19H28Cl2N4O/c1-2-22-19(23-5-3-15-11-16(20)13-17(21)12-15)25-6-4-18(14-25)24-7-9-26-10-8-24/h11-13,18H,2-10,14H2,1H3,(H,22,23). The van der Waals surface area contributed by atoms with E-state index in [9.17, 15) is 0 Å². The van der Waals surface area contributed by atoms with Gasteiger partial charge in [0.25, 0.3) is 0 Å². The molecule has 26 heavy (non-hydrogen) atoms. The van der Waals surface area contributed by atoms with E-state index in [0.717, 1.165) is 70.4 Å². The van der Waals surface area contributed by atoms with Crippen molar-refractivity contribution in [3.8, 4) is 0 Å². The van der Waals surface area contributed by atoms with E-state index < -0.39 is 0 Å². The van der Waals surface area contributed by atoms with E-state index in [-0.39, 0.29) is 0 Å². The Morgan fingerprint density at radius 2 is 1.92 bits per heavy atom. The molecule has 0 aliphatic carbocycles. The van der Waals surface area contributed by atoms with Crippen LogP contribution in [-0.2, 0) is 11.2 Å². The van der Waals surface area contributed by atoms with E-state index in [0.29, 0.717) is 16.1 Å². The van der Waals surface area contributed by atoms with Crippen LogP contribution in [0.1, 0.15) is 18.9 Å². The van der Waals surface area contributed by atoms with Gasteiger partial charge in [-0.05, 0) is 43.5 Å². The average molecular weight is 399 g/mol. The summed E-state index contributed by atoms with van der Waals surface area (Å²) in [6, 6.07) is 6.28. The number of nitrogens with zero attached hydrogens (tertiary/aromatic N) is 3. The lowest BCUT2D eigenvalue weighted by molar-refractivity contribution is 0.0195. The molecule has 2 heterocycles. The Kier molecular flexibility index (Phi) is 7.43. The molecule has 2 aliphatic rings. The highest BCUT2D eigenvalue weighted by atomic mass is 35.5. The molecule has 1 aromatic rings. The third kappa shape index (κ3) is 5.49. The highest BCUT2D eigenvalue weighted by Gasteiger charge is 2.30. The number of nitrogens with one attached hydrogen (secondary N) is 1. The lowest BCUT2D eigenvalue weighted by Crippen LogP contribution is -2.46. The second-order valence-electron chi connectivity index (χ2n) is 6.80. The number of rotatable bonds is 5. The Hall–Kier alpha value is -1.01. The molecule has 1 aromatic carbocycles. The first-order valence-electron chi connectivity index (χ1n) is 9.45. The molecule has 2 aliphatic heterocycles. The van der Waals surface area contributed by atoms with Crippen LogP contribution in [0.5, 0.6) is 0 Å². The Labute approximate surface area is 166 Å². The lowest BCUT2D eigenvalue weighted by atomic mass is 10.1. The molecule has 1 atom stereocenters. The topological polar surface area (TPSA) is 40.1 Å². The lowest BCUT2D eigenvalue weighted by Gasteiger charge is -2.32. The third-order valence-corrected chi connectivity index (χ3v) is 5.38. The van der Waals surface area contributed by atoms with Gasteiger partial charge in [-0.2, -0.15) is 0 Å². The second kappa shape index (κ2) is 9.79. The van der Waals surface area contributed by atoms with Crippen LogP contribution in [0.3, 0.4) is 0 Å². The molecule has 0 radical (unpaired) electrons. The highest BCUT2D eigenvalue weighted by molar-refractivity contribution is 6.34. The monoisotopic (exact) mass is 398 g/mol. The number of hydrogen-bond acceptors (Lipinski definition) is 3. The Balaban J connectivity index is 1.56. The summed E-state index contributed by atoms with van der Waals surface area (Å²) in [4.78, 5) is 9.77. The van der Waals surface area contributed by atoms with Crippen molar-refractivity contribution in [2.24, 2.45) is 4.99 Å². The van der Waals surface area contributed by atoms with Crippen LogP contribution >= 0.6 is 23.2 Å². The molecule has 0 saturated carbocycles.